The molecule has 0 heterocycles. The molecule has 0 spiro atoms. The predicted octanol–water partition coefficient (Wildman–Crippen LogP) is 3.70. The van der Waals surface area contributed by atoms with Crippen LogP contribution in [0.4, 0.5) is 0 Å². The van der Waals surface area contributed by atoms with E-state index in [0.29, 0.717) is 12.6 Å². The molecule has 0 bridgehead atoms. The summed E-state index contributed by atoms with van der Waals surface area (Å²) >= 11 is 0. The molecule has 19 heavy (non-hydrogen) atoms. The molecule has 0 saturated heterocycles. The van der Waals surface area contributed by atoms with Gasteiger partial charge in [-0.15, -0.1) is 0 Å². The molecule has 0 atom stereocenters. The van der Waals surface area contributed by atoms with Gasteiger partial charge >= 0.3 is 0 Å². The number of likely N-dealkylation sites (N-methyl/N-ethyl adjacent to an activating group) is 1. The van der Waals surface area contributed by atoms with Gasteiger partial charge < -0.3 is 0 Å². The van der Waals surface area contributed by atoms with Crippen molar-refractivity contribution >= 4 is 5.78 Å². The van der Waals surface area contributed by atoms with E-state index in [1.54, 1.807) is 0 Å². The van der Waals surface area contributed by atoms with Gasteiger partial charge in [0, 0.05) is 11.6 Å². The standard InChI is InChI=1S/C17H25NO/c1-3-14-9-11-15(12-10-14)17(19)13-18(4-2)16-7-5-6-8-16/h9-12,16H,3-8,13H2,1-2H3. The van der Waals surface area contributed by atoms with Crippen molar-refractivity contribution in [2.45, 2.75) is 52.0 Å². The van der Waals surface area contributed by atoms with Gasteiger partial charge in [-0.3, -0.25) is 9.69 Å². The molecule has 0 aromatic heterocycles. The van der Waals surface area contributed by atoms with Crippen molar-refractivity contribution in [3.63, 3.8) is 0 Å². The zero-order valence-corrected chi connectivity index (χ0v) is 12.2. The highest BCUT2D eigenvalue weighted by atomic mass is 16.1. The summed E-state index contributed by atoms with van der Waals surface area (Å²) in [6.45, 7) is 5.84. The van der Waals surface area contributed by atoms with Crippen LogP contribution in [0.3, 0.4) is 0 Å². The van der Waals surface area contributed by atoms with Gasteiger partial charge in [-0.2, -0.15) is 0 Å². The van der Waals surface area contributed by atoms with Gasteiger partial charge in [0.25, 0.3) is 0 Å². The molecule has 0 radical (unpaired) electrons. The topological polar surface area (TPSA) is 20.3 Å². The maximum Gasteiger partial charge on any atom is 0.176 e. The smallest absolute Gasteiger partial charge is 0.176 e. The Morgan fingerprint density at radius 1 is 1.16 bits per heavy atom. The Kier molecular flexibility index (Phi) is 5.15. The molecule has 104 valence electrons. The van der Waals surface area contributed by atoms with Crippen molar-refractivity contribution in [3.05, 3.63) is 35.4 Å². The number of nitrogens with zero attached hydrogens (tertiary/aromatic N) is 1. The molecular formula is C17H25NO. The van der Waals surface area contributed by atoms with Crippen LogP contribution in [-0.2, 0) is 6.42 Å². The number of Topliss-reactive ketones (excluding diaryl/α,β-unsaturated/α-hetero) is 1. The lowest BCUT2D eigenvalue weighted by Crippen LogP contribution is -2.37. The number of aryl methyl sites for hydroxylation is 1. The fourth-order valence-corrected chi connectivity index (χ4v) is 2.97. The number of carbonyl (C=O) groups is 1. The molecule has 1 aliphatic rings. The summed E-state index contributed by atoms with van der Waals surface area (Å²) in [5.41, 5.74) is 2.15. The average Bonchev–Trinajstić information content (AvgIpc) is 2.98. The quantitative estimate of drug-likeness (QED) is 0.726. The Labute approximate surface area is 116 Å². The molecular weight excluding hydrogens is 234 g/mol. The van der Waals surface area contributed by atoms with Gasteiger partial charge in [-0.1, -0.05) is 51.0 Å². The zero-order valence-electron chi connectivity index (χ0n) is 12.2. The second-order valence-corrected chi connectivity index (χ2v) is 5.48. The van der Waals surface area contributed by atoms with Gasteiger partial charge in [0.2, 0.25) is 0 Å². The minimum Gasteiger partial charge on any atom is -0.293 e. The fourth-order valence-electron chi connectivity index (χ4n) is 2.97. The van der Waals surface area contributed by atoms with E-state index in [2.05, 4.69) is 30.9 Å². The Balaban J connectivity index is 1.97. The maximum atomic E-state index is 12.3. The van der Waals surface area contributed by atoms with E-state index in [0.717, 1.165) is 18.5 Å². The maximum absolute atomic E-state index is 12.3. The van der Waals surface area contributed by atoms with Gasteiger partial charge in [-0.05, 0) is 31.4 Å². The first-order valence-corrected chi connectivity index (χ1v) is 7.60. The lowest BCUT2D eigenvalue weighted by atomic mass is 10.1. The minimum atomic E-state index is 0.261. The third-order valence-corrected chi connectivity index (χ3v) is 4.28. The van der Waals surface area contributed by atoms with E-state index in [9.17, 15) is 4.79 Å². The number of carbonyl (C=O) groups excluding carboxylic acids is 1. The Morgan fingerprint density at radius 2 is 1.79 bits per heavy atom. The number of hydrogen-bond donors (Lipinski definition) is 0. The monoisotopic (exact) mass is 259 g/mol. The largest absolute Gasteiger partial charge is 0.293 e. The average molecular weight is 259 g/mol. The van der Waals surface area contributed by atoms with E-state index in [-0.39, 0.29) is 5.78 Å². The molecule has 0 amide bonds. The van der Waals surface area contributed by atoms with E-state index in [4.69, 9.17) is 0 Å². The molecule has 1 aromatic rings. The van der Waals surface area contributed by atoms with Crippen molar-refractivity contribution in [2.75, 3.05) is 13.1 Å². The molecule has 1 aromatic carbocycles. The van der Waals surface area contributed by atoms with Gasteiger partial charge in [0.05, 0.1) is 6.54 Å². The highest BCUT2D eigenvalue weighted by Gasteiger charge is 2.23. The normalized spacial score (nSPS) is 16.2. The second kappa shape index (κ2) is 6.85. The van der Waals surface area contributed by atoms with E-state index < -0.39 is 0 Å². The van der Waals surface area contributed by atoms with Crippen LogP contribution < -0.4 is 0 Å². The van der Waals surface area contributed by atoms with Crippen molar-refractivity contribution in [1.29, 1.82) is 0 Å². The first-order valence-electron chi connectivity index (χ1n) is 7.60. The molecule has 2 rings (SSSR count). The first-order chi connectivity index (χ1) is 9.24. The van der Waals surface area contributed by atoms with Crippen LogP contribution in [0.5, 0.6) is 0 Å². The Bertz CT molecular complexity index is 404. The SMILES string of the molecule is CCc1ccc(C(=O)CN(CC)C2CCCC2)cc1. The van der Waals surface area contributed by atoms with Crippen LogP contribution in [-0.4, -0.2) is 29.8 Å². The number of benzene rings is 1. The highest BCUT2D eigenvalue weighted by molar-refractivity contribution is 5.97. The van der Waals surface area contributed by atoms with Crippen molar-refractivity contribution < 1.29 is 4.79 Å². The molecule has 2 heteroatoms. The predicted molar refractivity (Wildman–Crippen MR) is 79.7 cm³/mol. The lowest BCUT2D eigenvalue weighted by molar-refractivity contribution is 0.0899. The van der Waals surface area contributed by atoms with Crippen LogP contribution >= 0.6 is 0 Å². The summed E-state index contributed by atoms with van der Waals surface area (Å²) in [5.74, 6) is 0.261. The molecule has 0 N–H and O–H groups in total. The molecule has 0 aliphatic heterocycles. The summed E-state index contributed by atoms with van der Waals surface area (Å²) < 4.78 is 0. The molecule has 1 fully saturated rings. The lowest BCUT2D eigenvalue weighted by Gasteiger charge is -2.26. The Morgan fingerprint density at radius 3 is 2.32 bits per heavy atom. The summed E-state index contributed by atoms with van der Waals surface area (Å²) in [6.07, 6.45) is 6.19. The van der Waals surface area contributed by atoms with Crippen LogP contribution in [0.2, 0.25) is 0 Å². The van der Waals surface area contributed by atoms with E-state index in [1.165, 1.54) is 31.2 Å². The summed E-state index contributed by atoms with van der Waals surface area (Å²) in [7, 11) is 0. The molecule has 0 unspecified atom stereocenters. The number of hydrogen-bond acceptors (Lipinski definition) is 2. The first kappa shape index (κ1) is 14.3. The van der Waals surface area contributed by atoms with Crippen LogP contribution in [0.1, 0.15) is 55.5 Å². The van der Waals surface area contributed by atoms with Crippen molar-refractivity contribution in [1.82, 2.24) is 4.90 Å². The molecule has 1 saturated carbocycles. The van der Waals surface area contributed by atoms with Crippen molar-refractivity contribution in [2.24, 2.45) is 0 Å². The number of rotatable bonds is 6. The molecule has 1 aliphatic carbocycles. The van der Waals surface area contributed by atoms with Crippen LogP contribution in [0.15, 0.2) is 24.3 Å². The summed E-state index contributed by atoms with van der Waals surface area (Å²) in [6, 6.07) is 8.72. The highest BCUT2D eigenvalue weighted by Crippen LogP contribution is 2.23. The second-order valence-electron chi connectivity index (χ2n) is 5.48. The number of ketones is 1. The van der Waals surface area contributed by atoms with Gasteiger partial charge in [-0.25, -0.2) is 0 Å². The molecule has 2 nitrogen and oxygen atoms in total. The van der Waals surface area contributed by atoms with Crippen LogP contribution in [0, 0.1) is 0 Å². The van der Waals surface area contributed by atoms with Gasteiger partial charge in [0.15, 0.2) is 5.78 Å². The fraction of sp³-hybridized carbons (Fsp3) is 0.588. The zero-order chi connectivity index (χ0) is 13.7. The van der Waals surface area contributed by atoms with E-state index >= 15 is 0 Å². The summed E-state index contributed by atoms with van der Waals surface area (Å²) in [4.78, 5) is 14.7. The van der Waals surface area contributed by atoms with Crippen molar-refractivity contribution in [3.8, 4) is 0 Å². The van der Waals surface area contributed by atoms with E-state index in [1.807, 2.05) is 12.1 Å². The summed E-state index contributed by atoms with van der Waals surface area (Å²) in [5, 5.41) is 0. The van der Waals surface area contributed by atoms with Crippen LogP contribution in [0.25, 0.3) is 0 Å². The minimum absolute atomic E-state index is 0.261. The van der Waals surface area contributed by atoms with Gasteiger partial charge in [0.1, 0.15) is 0 Å². The third kappa shape index (κ3) is 3.66. The Hall–Kier alpha value is -1.15. The third-order valence-electron chi connectivity index (χ3n) is 4.28.